The molecule has 0 bridgehead atoms. The van der Waals surface area contributed by atoms with E-state index in [4.69, 9.17) is 5.11 Å². The van der Waals surface area contributed by atoms with Crippen LogP contribution in [0.15, 0.2) is 36.5 Å². The molecule has 0 aliphatic carbocycles. The zero-order valence-corrected chi connectivity index (χ0v) is 12.6. The Labute approximate surface area is 126 Å². The predicted octanol–water partition coefficient (Wildman–Crippen LogP) is 2.29. The SMILES string of the molecule is Cn1nccc1C1CCN(Cc2ccc(CO)cc2)CC1. The molecule has 2 aromatic rings. The van der Waals surface area contributed by atoms with E-state index in [0.717, 1.165) is 25.2 Å². The number of aryl methyl sites for hydroxylation is 1. The lowest BCUT2D eigenvalue weighted by Crippen LogP contribution is -2.33. The van der Waals surface area contributed by atoms with Gasteiger partial charge in [-0.15, -0.1) is 0 Å². The van der Waals surface area contributed by atoms with E-state index in [-0.39, 0.29) is 6.61 Å². The first-order valence-electron chi connectivity index (χ1n) is 7.65. The van der Waals surface area contributed by atoms with Crippen LogP contribution >= 0.6 is 0 Å². The van der Waals surface area contributed by atoms with Crippen LogP contribution in [0.1, 0.15) is 35.6 Å². The minimum Gasteiger partial charge on any atom is -0.392 e. The first-order chi connectivity index (χ1) is 10.3. The largest absolute Gasteiger partial charge is 0.392 e. The molecule has 0 atom stereocenters. The second-order valence-electron chi connectivity index (χ2n) is 5.90. The van der Waals surface area contributed by atoms with Gasteiger partial charge in [-0.1, -0.05) is 24.3 Å². The first-order valence-corrected chi connectivity index (χ1v) is 7.65. The van der Waals surface area contributed by atoms with Crippen LogP contribution in [0, 0.1) is 0 Å². The van der Waals surface area contributed by atoms with E-state index >= 15 is 0 Å². The molecule has 1 aromatic carbocycles. The molecule has 1 fully saturated rings. The molecule has 0 radical (unpaired) electrons. The second kappa shape index (κ2) is 6.41. The molecule has 2 heterocycles. The lowest BCUT2D eigenvalue weighted by atomic mass is 9.93. The monoisotopic (exact) mass is 285 g/mol. The van der Waals surface area contributed by atoms with Crippen LogP contribution in [0.2, 0.25) is 0 Å². The number of piperidine rings is 1. The average Bonchev–Trinajstić information content (AvgIpc) is 2.95. The standard InChI is InChI=1S/C17H23N3O/c1-19-17(6-9-18-19)16-7-10-20(11-8-16)12-14-2-4-15(13-21)5-3-14/h2-6,9,16,21H,7-8,10-13H2,1H3. The summed E-state index contributed by atoms with van der Waals surface area (Å²) < 4.78 is 2.01. The van der Waals surface area contributed by atoms with Gasteiger partial charge in [0, 0.05) is 31.4 Å². The van der Waals surface area contributed by atoms with Gasteiger partial charge >= 0.3 is 0 Å². The van der Waals surface area contributed by atoms with Gasteiger partial charge < -0.3 is 5.11 Å². The second-order valence-corrected chi connectivity index (χ2v) is 5.90. The van der Waals surface area contributed by atoms with Crippen molar-refractivity contribution in [2.45, 2.75) is 31.9 Å². The van der Waals surface area contributed by atoms with Crippen molar-refractivity contribution in [1.82, 2.24) is 14.7 Å². The van der Waals surface area contributed by atoms with Crippen molar-refractivity contribution in [3.63, 3.8) is 0 Å². The highest BCUT2D eigenvalue weighted by molar-refractivity contribution is 5.22. The molecule has 4 nitrogen and oxygen atoms in total. The summed E-state index contributed by atoms with van der Waals surface area (Å²) in [5, 5.41) is 13.4. The Morgan fingerprint density at radius 2 is 1.76 bits per heavy atom. The molecule has 1 aromatic heterocycles. The lowest BCUT2D eigenvalue weighted by Gasteiger charge is -2.32. The van der Waals surface area contributed by atoms with Crippen LogP contribution in [0.25, 0.3) is 0 Å². The van der Waals surface area contributed by atoms with Crippen molar-refractivity contribution < 1.29 is 5.11 Å². The normalized spacial score (nSPS) is 17.2. The number of hydrogen-bond acceptors (Lipinski definition) is 3. The van der Waals surface area contributed by atoms with Gasteiger partial charge in [0.25, 0.3) is 0 Å². The van der Waals surface area contributed by atoms with E-state index < -0.39 is 0 Å². The molecule has 0 unspecified atom stereocenters. The fourth-order valence-corrected chi connectivity index (χ4v) is 3.18. The zero-order chi connectivity index (χ0) is 14.7. The number of aromatic nitrogens is 2. The van der Waals surface area contributed by atoms with Gasteiger partial charge in [-0.2, -0.15) is 5.10 Å². The van der Waals surface area contributed by atoms with Crippen molar-refractivity contribution in [3.8, 4) is 0 Å². The third-order valence-electron chi connectivity index (χ3n) is 4.48. The van der Waals surface area contributed by atoms with E-state index in [0.29, 0.717) is 5.92 Å². The van der Waals surface area contributed by atoms with Gasteiger partial charge in [0.15, 0.2) is 0 Å². The Morgan fingerprint density at radius 3 is 2.33 bits per heavy atom. The molecule has 112 valence electrons. The molecule has 1 aliphatic rings. The maximum atomic E-state index is 9.07. The lowest BCUT2D eigenvalue weighted by molar-refractivity contribution is 0.201. The molecular formula is C17H23N3O. The highest BCUT2D eigenvalue weighted by atomic mass is 16.3. The van der Waals surface area contributed by atoms with Crippen molar-refractivity contribution >= 4 is 0 Å². The Balaban J connectivity index is 1.54. The molecule has 1 saturated heterocycles. The summed E-state index contributed by atoms with van der Waals surface area (Å²) in [5.41, 5.74) is 3.67. The van der Waals surface area contributed by atoms with Crippen LogP contribution in [0.5, 0.6) is 0 Å². The van der Waals surface area contributed by atoms with Gasteiger partial charge in [-0.3, -0.25) is 9.58 Å². The Hall–Kier alpha value is -1.65. The Morgan fingerprint density at radius 1 is 1.10 bits per heavy atom. The van der Waals surface area contributed by atoms with E-state index in [1.807, 2.05) is 30.1 Å². The van der Waals surface area contributed by atoms with Crippen LogP contribution < -0.4 is 0 Å². The highest BCUT2D eigenvalue weighted by Gasteiger charge is 2.22. The number of likely N-dealkylation sites (tertiary alicyclic amines) is 1. The van der Waals surface area contributed by atoms with Crippen molar-refractivity contribution in [3.05, 3.63) is 53.3 Å². The minimum absolute atomic E-state index is 0.121. The summed E-state index contributed by atoms with van der Waals surface area (Å²) in [7, 11) is 2.03. The van der Waals surface area contributed by atoms with Crippen LogP contribution in [-0.2, 0) is 20.2 Å². The third kappa shape index (κ3) is 3.34. The van der Waals surface area contributed by atoms with Gasteiger partial charge in [-0.05, 0) is 43.1 Å². The summed E-state index contributed by atoms with van der Waals surface area (Å²) in [4.78, 5) is 2.51. The Bertz CT molecular complexity index is 568. The van der Waals surface area contributed by atoms with Gasteiger partial charge in [0.05, 0.1) is 6.61 Å². The molecule has 0 amide bonds. The molecular weight excluding hydrogens is 262 g/mol. The highest BCUT2D eigenvalue weighted by Crippen LogP contribution is 2.28. The van der Waals surface area contributed by atoms with Gasteiger partial charge in [-0.25, -0.2) is 0 Å². The first kappa shape index (κ1) is 14.3. The molecule has 1 N–H and O–H groups in total. The number of nitrogens with zero attached hydrogens (tertiary/aromatic N) is 3. The summed E-state index contributed by atoms with van der Waals surface area (Å²) in [6.07, 6.45) is 4.30. The third-order valence-corrected chi connectivity index (χ3v) is 4.48. The van der Waals surface area contributed by atoms with E-state index in [9.17, 15) is 0 Å². The summed E-state index contributed by atoms with van der Waals surface area (Å²) in [5.74, 6) is 0.644. The molecule has 3 rings (SSSR count). The van der Waals surface area contributed by atoms with Gasteiger partial charge in [0.2, 0.25) is 0 Å². The zero-order valence-electron chi connectivity index (χ0n) is 12.6. The molecule has 1 aliphatic heterocycles. The van der Waals surface area contributed by atoms with Crippen molar-refractivity contribution in [1.29, 1.82) is 0 Å². The smallest absolute Gasteiger partial charge is 0.0681 e. The van der Waals surface area contributed by atoms with E-state index in [2.05, 4.69) is 28.2 Å². The van der Waals surface area contributed by atoms with Crippen LogP contribution in [0.4, 0.5) is 0 Å². The molecule has 0 spiro atoms. The summed E-state index contributed by atoms with van der Waals surface area (Å²) in [6, 6.07) is 10.4. The average molecular weight is 285 g/mol. The number of aliphatic hydroxyl groups excluding tert-OH is 1. The number of rotatable bonds is 4. The summed E-state index contributed by atoms with van der Waals surface area (Å²) >= 11 is 0. The molecule has 4 heteroatoms. The fraction of sp³-hybridized carbons (Fsp3) is 0.471. The number of aliphatic hydroxyl groups is 1. The topological polar surface area (TPSA) is 41.3 Å². The maximum Gasteiger partial charge on any atom is 0.0681 e. The van der Waals surface area contributed by atoms with Gasteiger partial charge in [0.1, 0.15) is 0 Å². The summed E-state index contributed by atoms with van der Waals surface area (Å²) in [6.45, 7) is 3.40. The van der Waals surface area contributed by atoms with E-state index in [1.54, 1.807) is 0 Å². The minimum atomic E-state index is 0.121. The number of hydrogen-bond donors (Lipinski definition) is 1. The quantitative estimate of drug-likeness (QED) is 0.937. The van der Waals surface area contributed by atoms with E-state index in [1.165, 1.54) is 24.1 Å². The molecule has 21 heavy (non-hydrogen) atoms. The van der Waals surface area contributed by atoms with Crippen molar-refractivity contribution in [2.24, 2.45) is 7.05 Å². The van der Waals surface area contributed by atoms with Crippen LogP contribution in [0.3, 0.4) is 0 Å². The number of benzene rings is 1. The molecule has 0 saturated carbocycles. The van der Waals surface area contributed by atoms with Crippen molar-refractivity contribution in [2.75, 3.05) is 13.1 Å². The van der Waals surface area contributed by atoms with Crippen LogP contribution in [-0.4, -0.2) is 32.9 Å². The Kier molecular flexibility index (Phi) is 4.36. The predicted molar refractivity (Wildman–Crippen MR) is 82.8 cm³/mol. The maximum absolute atomic E-state index is 9.07. The fourth-order valence-electron chi connectivity index (χ4n) is 3.18.